The van der Waals surface area contributed by atoms with Gasteiger partial charge in [-0.2, -0.15) is 0 Å². The van der Waals surface area contributed by atoms with E-state index in [4.69, 9.17) is 4.74 Å². The summed E-state index contributed by atoms with van der Waals surface area (Å²) < 4.78 is 5.23. The van der Waals surface area contributed by atoms with Crippen molar-refractivity contribution < 1.29 is 9.53 Å². The zero-order valence-corrected chi connectivity index (χ0v) is 17.4. The maximum atomic E-state index is 12.1. The number of ether oxygens (including phenoxy) is 1. The third-order valence-electron chi connectivity index (χ3n) is 4.04. The average molecular weight is 460 g/mol. The molecule has 0 spiro atoms. The number of halogens is 1. The Kier molecular flexibility index (Phi) is 10.5. The van der Waals surface area contributed by atoms with Crippen molar-refractivity contribution >= 4 is 35.8 Å². The Labute approximate surface area is 167 Å². The summed E-state index contributed by atoms with van der Waals surface area (Å²) in [6.45, 7) is 5.92. The van der Waals surface area contributed by atoms with E-state index in [1.165, 1.54) is 0 Å². The summed E-state index contributed by atoms with van der Waals surface area (Å²) in [6, 6.07) is 8.10. The van der Waals surface area contributed by atoms with Gasteiger partial charge in [0.25, 0.3) is 0 Å². The van der Waals surface area contributed by atoms with Crippen molar-refractivity contribution in [1.29, 1.82) is 0 Å². The zero-order valence-electron chi connectivity index (χ0n) is 15.1. The van der Waals surface area contributed by atoms with Gasteiger partial charge in [0.05, 0.1) is 19.7 Å². The smallest absolute Gasteiger partial charge is 0.241 e. The molecule has 0 aliphatic carbocycles. The van der Waals surface area contributed by atoms with Crippen molar-refractivity contribution in [2.24, 2.45) is 4.99 Å². The van der Waals surface area contributed by atoms with E-state index >= 15 is 0 Å². The summed E-state index contributed by atoms with van der Waals surface area (Å²) in [5.74, 6) is 0.801. The van der Waals surface area contributed by atoms with Crippen LogP contribution in [0.3, 0.4) is 0 Å². The average Bonchev–Trinajstić information content (AvgIpc) is 3.13. The molecule has 0 radical (unpaired) electrons. The SMILES string of the molecule is CCNC(=NCc1ccccc1COC)NCC(=O)N1CCCC1.I. The largest absolute Gasteiger partial charge is 0.380 e. The van der Waals surface area contributed by atoms with Gasteiger partial charge in [0, 0.05) is 26.7 Å². The number of guanidine groups is 1. The summed E-state index contributed by atoms with van der Waals surface area (Å²) in [5, 5.41) is 6.32. The minimum atomic E-state index is 0. The van der Waals surface area contributed by atoms with Crippen molar-refractivity contribution in [3.05, 3.63) is 35.4 Å². The summed E-state index contributed by atoms with van der Waals surface area (Å²) in [4.78, 5) is 18.6. The number of carbonyl (C=O) groups is 1. The Morgan fingerprint density at radius 2 is 1.88 bits per heavy atom. The molecule has 1 heterocycles. The molecule has 2 rings (SSSR count). The van der Waals surface area contributed by atoms with E-state index in [1.807, 2.05) is 30.0 Å². The second kappa shape index (κ2) is 12.1. The van der Waals surface area contributed by atoms with Crippen molar-refractivity contribution in [2.75, 3.05) is 33.3 Å². The van der Waals surface area contributed by atoms with E-state index in [1.54, 1.807) is 7.11 Å². The normalized spacial score (nSPS) is 14.2. The number of nitrogens with one attached hydrogen (secondary N) is 2. The Hall–Kier alpha value is -1.35. The monoisotopic (exact) mass is 460 g/mol. The number of hydrogen-bond donors (Lipinski definition) is 2. The first-order chi connectivity index (χ1) is 11.7. The number of rotatable bonds is 7. The van der Waals surface area contributed by atoms with Crippen LogP contribution in [-0.2, 0) is 22.7 Å². The van der Waals surface area contributed by atoms with Crippen molar-refractivity contribution in [3.63, 3.8) is 0 Å². The van der Waals surface area contributed by atoms with Gasteiger partial charge in [-0.3, -0.25) is 4.79 Å². The molecule has 0 saturated carbocycles. The lowest BCUT2D eigenvalue weighted by atomic mass is 10.1. The van der Waals surface area contributed by atoms with E-state index < -0.39 is 0 Å². The number of nitrogens with zero attached hydrogens (tertiary/aromatic N) is 2. The molecule has 6 nitrogen and oxygen atoms in total. The fourth-order valence-electron chi connectivity index (χ4n) is 2.75. The molecule has 1 saturated heterocycles. The lowest BCUT2D eigenvalue weighted by Gasteiger charge is -2.17. The molecule has 1 aromatic carbocycles. The Bertz CT molecular complexity index is 560. The summed E-state index contributed by atoms with van der Waals surface area (Å²) >= 11 is 0. The van der Waals surface area contributed by atoms with E-state index in [0.717, 1.165) is 43.6 Å². The van der Waals surface area contributed by atoms with Crippen LogP contribution in [0.1, 0.15) is 30.9 Å². The van der Waals surface area contributed by atoms with Gasteiger partial charge in [-0.1, -0.05) is 24.3 Å². The van der Waals surface area contributed by atoms with Gasteiger partial charge in [-0.05, 0) is 30.9 Å². The molecule has 0 aromatic heterocycles. The van der Waals surface area contributed by atoms with E-state index in [-0.39, 0.29) is 36.4 Å². The van der Waals surface area contributed by atoms with Gasteiger partial charge in [-0.15, -0.1) is 24.0 Å². The lowest BCUT2D eigenvalue weighted by molar-refractivity contribution is -0.128. The molecule has 1 aliphatic rings. The molecule has 140 valence electrons. The molecule has 0 bridgehead atoms. The minimum Gasteiger partial charge on any atom is -0.380 e. The molecule has 0 unspecified atom stereocenters. The first kappa shape index (κ1) is 21.7. The minimum absolute atomic E-state index is 0. The first-order valence-corrected chi connectivity index (χ1v) is 8.60. The fourth-order valence-corrected chi connectivity index (χ4v) is 2.75. The highest BCUT2D eigenvalue weighted by Crippen LogP contribution is 2.11. The van der Waals surface area contributed by atoms with Crippen LogP contribution in [0.5, 0.6) is 0 Å². The van der Waals surface area contributed by atoms with E-state index in [9.17, 15) is 4.79 Å². The second-order valence-electron chi connectivity index (χ2n) is 5.84. The number of hydrogen-bond acceptors (Lipinski definition) is 3. The van der Waals surface area contributed by atoms with Crippen LogP contribution in [-0.4, -0.2) is 50.1 Å². The molecule has 0 atom stereocenters. The third-order valence-corrected chi connectivity index (χ3v) is 4.04. The molecule has 25 heavy (non-hydrogen) atoms. The number of methoxy groups -OCH3 is 1. The highest BCUT2D eigenvalue weighted by atomic mass is 127. The van der Waals surface area contributed by atoms with E-state index in [2.05, 4.69) is 21.7 Å². The molecule has 7 heteroatoms. The van der Waals surface area contributed by atoms with Crippen LogP contribution in [0, 0.1) is 0 Å². The quantitative estimate of drug-likeness (QED) is 0.372. The maximum absolute atomic E-state index is 12.1. The summed E-state index contributed by atoms with van der Waals surface area (Å²) in [5.41, 5.74) is 2.26. The van der Waals surface area contributed by atoms with Gasteiger partial charge in [0.2, 0.25) is 5.91 Å². The first-order valence-electron chi connectivity index (χ1n) is 8.60. The Morgan fingerprint density at radius 1 is 1.20 bits per heavy atom. The van der Waals surface area contributed by atoms with Crippen LogP contribution in [0.25, 0.3) is 0 Å². The van der Waals surface area contributed by atoms with Gasteiger partial charge in [0.15, 0.2) is 5.96 Å². The predicted molar refractivity (Wildman–Crippen MR) is 111 cm³/mol. The third kappa shape index (κ3) is 7.19. The molecule has 1 aromatic rings. The van der Waals surface area contributed by atoms with Gasteiger partial charge in [-0.25, -0.2) is 4.99 Å². The Morgan fingerprint density at radius 3 is 2.52 bits per heavy atom. The molecular weight excluding hydrogens is 431 g/mol. The maximum Gasteiger partial charge on any atom is 0.241 e. The molecular formula is C18H29IN4O2. The standard InChI is InChI=1S/C18H28N4O2.HI/c1-3-19-18(21-13-17(23)22-10-6-7-11-22)20-12-15-8-4-5-9-16(15)14-24-2;/h4-5,8-9H,3,6-7,10-14H2,1-2H3,(H2,19,20,21);1H. The van der Waals surface area contributed by atoms with Crippen LogP contribution in [0.4, 0.5) is 0 Å². The molecule has 1 aliphatic heterocycles. The molecule has 1 amide bonds. The van der Waals surface area contributed by atoms with Crippen LogP contribution < -0.4 is 10.6 Å². The van der Waals surface area contributed by atoms with Crippen LogP contribution in [0.15, 0.2) is 29.3 Å². The topological polar surface area (TPSA) is 66.0 Å². The lowest BCUT2D eigenvalue weighted by Crippen LogP contribution is -2.44. The number of benzene rings is 1. The number of likely N-dealkylation sites (tertiary alicyclic amines) is 1. The number of carbonyl (C=O) groups excluding carboxylic acids is 1. The second-order valence-corrected chi connectivity index (χ2v) is 5.84. The summed E-state index contributed by atoms with van der Waals surface area (Å²) in [7, 11) is 1.69. The molecule has 1 fully saturated rings. The number of aliphatic imine (C=N–C) groups is 1. The highest BCUT2D eigenvalue weighted by molar-refractivity contribution is 14.0. The van der Waals surface area contributed by atoms with Crippen LogP contribution >= 0.6 is 24.0 Å². The molecule has 2 N–H and O–H groups in total. The summed E-state index contributed by atoms with van der Waals surface area (Å²) in [6.07, 6.45) is 2.21. The van der Waals surface area contributed by atoms with Gasteiger partial charge in [0.1, 0.15) is 0 Å². The van der Waals surface area contributed by atoms with Gasteiger partial charge >= 0.3 is 0 Å². The zero-order chi connectivity index (χ0) is 17.2. The van der Waals surface area contributed by atoms with Gasteiger partial charge < -0.3 is 20.3 Å². The van der Waals surface area contributed by atoms with Crippen LogP contribution in [0.2, 0.25) is 0 Å². The van der Waals surface area contributed by atoms with Crippen molar-refractivity contribution in [2.45, 2.75) is 32.9 Å². The predicted octanol–water partition coefficient (Wildman–Crippen LogP) is 2.13. The fraction of sp³-hybridized carbons (Fsp3) is 0.556. The van der Waals surface area contributed by atoms with E-state index in [0.29, 0.717) is 19.1 Å². The van der Waals surface area contributed by atoms with Crippen molar-refractivity contribution in [1.82, 2.24) is 15.5 Å². The Balaban J connectivity index is 0.00000312. The highest BCUT2D eigenvalue weighted by Gasteiger charge is 2.17. The van der Waals surface area contributed by atoms with Crippen molar-refractivity contribution in [3.8, 4) is 0 Å². The number of amides is 1.